The minimum absolute atomic E-state index is 0.00987. The third-order valence-electron chi connectivity index (χ3n) is 8.43. The van der Waals surface area contributed by atoms with Gasteiger partial charge in [-0.1, -0.05) is 131 Å². The third-order valence-corrected chi connectivity index (χ3v) is 9.39. The number of hydrogen-bond donors (Lipinski definition) is 0. The van der Waals surface area contributed by atoms with Crippen molar-refractivity contribution < 1.29 is 37.3 Å². The second-order valence-corrected chi connectivity index (χ2v) is 16.4. The smallest absolute Gasteiger partial charge is 0.306 e. The Morgan fingerprint density at radius 3 is 1.58 bits per heavy atom. The van der Waals surface area contributed by atoms with Crippen LogP contribution < -0.4 is 4.89 Å². The second kappa shape index (κ2) is 38.5. The predicted octanol–water partition coefficient (Wildman–Crippen LogP) is 11.9. The second-order valence-electron chi connectivity index (χ2n) is 15.0. The Morgan fingerprint density at radius 1 is 0.582 bits per heavy atom. The van der Waals surface area contributed by atoms with Gasteiger partial charge in [0.25, 0.3) is 7.82 Å². The lowest BCUT2D eigenvalue weighted by Crippen LogP contribution is -2.37. The summed E-state index contributed by atoms with van der Waals surface area (Å²) in [6.07, 6.45) is 50.3. The Bertz CT molecular complexity index is 1150. The van der Waals surface area contributed by atoms with Gasteiger partial charge in [0.15, 0.2) is 0 Å². The standard InChI is InChI=1S/C46H80NO7P/c1-6-8-10-12-14-16-18-20-22-23-24-26-28-30-32-34-36-38-41-51-43-45(44-53-55(49,50)52-42-40-47(3,4)5)54-46(48)39-37-35-33-31-29-27-25-21-19-17-15-13-11-9-7-2/h8,10,14-17,20-22,24-26,30,32,45H,6-7,9,11-13,18-19,23,27-29,31,33-44H2,1-5H3/b10-8-,16-14-,17-15-,22-20-,25-21-,26-24-,32-30-. The molecule has 0 aliphatic rings. The van der Waals surface area contributed by atoms with E-state index in [-0.39, 0.29) is 32.2 Å². The summed E-state index contributed by atoms with van der Waals surface area (Å²) in [7, 11) is 1.30. The van der Waals surface area contributed by atoms with Crippen LogP contribution in [0.15, 0.2) is 85.1 Å². The fraction of sp³-hybridized carbons (Fsp3) is 0.674. The molecule has 0 bridgehead atoms. The summed E-state index contributed by atoms with van der Waals surface area (Å²) < 4.78 is 34.5. The lowest BCUT2D eigenvalue weighted by molar-refractivity contribution is -0.870. The highest BCUT2D eigenvalue weighted by atomic mass is 31.2. The fourth-order valence-corrected chi connectivity index (χ4v) is 5.86. The molecule has 2 atom stereocenters. The lowest BCUT2D eigenvalue weighted by atomic mass is 10.1. The van der Waals surface area contributed by atoms with Gasteiger partial charge < -0.3 is 27.9 Å². The minimum atomic E-state index is -4.54. The van der Waals surface area contributed by atoms with Gasteiger partial charge in [-0.25, -0.2) is 0 Å². The van der Waals surface area contributed by atoms with Crippen molar-refractivity contribution in [3.8, 4) is 0 Å². The molecule has 0 aromatic heterocycles. The van der Waals surface area contributed by atoms with Gasteiger partial charge in [0.2, 0.25) is 0 Å². The Labute approximate surface area is 337 Å². The van der Waals surface area contributed by atoms with E-state index in [4.69, 9.17) is 18.5 Å². The van der Waals surface area contributed by atoms with E-state index >= 15 is 0 Å². The lowest BCUT2D eigenvalue weighted by Gasteiger charge is -2.28. The predicted molar refractivity (Wildman–Crippen MR) is 231 cm³/mol. The molecule has 0 aromatic rings. The van der Waals surface area contributed by atoms with Crippen LogP contribution in [-0.4, -0.2) is 70.7 Å². The molecule has 55 heavy (non-hydrogen) atoms. The van der Waals surface area contributed by atoms with E-state index in [0.717, 1.165) is 96.3 Å². The van der Waals surface area contributed by atoms with Crippen LogP contribution in [0.1, 0.15) is 142 Å². The zero-order valence-corrected chi connectivity index (χ0v) is 36.5. The number of quaternary nitrogens is 1. The van der Waals surface area contributed by atoms with E-state index in [2.05, 4.69) is 98.9 Å². The highest BCUT2D eigenvalue weighted by Gasteiger charge is 2.20. The van der Waals surface area contributed by atoms with Crippen molar-refractivity contribution in [3.05, 3.63) is 85.1 Å². The quantitative estimate of drug-likeness (QED) is 0.0202. The van der Waals surface area contributed by atoms with Crippen LogP contribution in [0.25, 0.3) is 0 Å². The van der Waals surface area contributed by atoms with E-state index in [0.29, 0.717) is 17.6 Å². The fourth-order valence-electron chi connectivity index (χ4n) is 5.13. The molecule has 0 aliphatic heterocycles. The summed E-state index contributed by atoms with van der Waals surface area (Å²) in [6.45, 7) is 5.11. The number of likely N-dealkylation sites (N-methyl/N-ethyl adjacent to an activating group) is 1. The molecule has 0 spiro atoms. The molecule has 9 heteroatoms. The summed E-state index contributed by atoms with van der Waals surface area (Å²) in [5.74, 6) is -0.368. The Hall–Kier alpha value is -2.32. The molecule has 0 amide bonds. The number of nitrogens with zero attached hydrogens (tertiary/aromatic N) is 1. The normalized spacial score (nSPS) is 14.7. The Morgan fingerprint density at radius 2 is 1.05 bits per heavy atom. The zero-order chi connectivity index (χ0) is 40.6. The average Bonchev–Trinajstić information content (AvgIpc) is 3.13. The van der Waals surface area contributed by atoms with Crippen LogP contribution in [0.3, 0.4) is 0 Å². The molecule has 316 valence electrons. The third kappa shape index (κ3) is 42.7. The van der Waals surface area contributed by atoms with Gasteiger partial charge in [0.05, 0.1) is 34.4 Å². The molecule has 0 saturated carbocycles. The Kier molecular flexibility index (Phi) is 36.9. The molecular formula is C46H80NO7P. The van der Waals surface area contributed by atoms with Crippen molar-refractivity contribution in [2.75, 3.05) is 54.1 Å². The number of hydrogen-bond acceptors (Lipinski definition) is 7. The molecule has 0 radical (unpaired) electrons. The number of ether oxygens (including phenoxy) is 2. The van der Waals surface area contributed by atoms with E-state index < -0.39 is 13.9 Å². The van der Waals surface area contributed by atoms with Gasteiger partial charge >= 0.3 is 5.97 Å². The highest BCUT2D eigenvalue weighted by molar-refractivity contribution is 7.45. The first-order valence-corrected chi connectivity index (χ1v) is 22.8. The van der Waals surface area contributed by atoms with Crippen LogP contribution in [0.5, 0.6) is 0 Å². The molecular weight excluding hydrogens is 709 g/mol. The van der Waals surface area contributed by atoms with Gasteiger partial charge in [-0.15, -0.1) is 0 Å². The van der Waals surface area contributed by atoms with Gasteiger partial charge in [0.1, 0.15) is 19.3 Å². The number of allylic oxidation sites excluding steroid dienone is 14. The zero-order valence-electron chi connectivity index (χ0n) is 35.6. The maximum Gasteiger partial charge on any atom is 0.306 e. The number of carbonyl (C=O) groups excluding carboxylic acids is 1. The number of phosphoric acid groups is 1. The van der Waals surface area contributed by atoms with Crippen LogP contribution in [0, 0.1) is 0 Å². The monoisotopic (exact) mass is 790 g/mol. The van der Waals surface area contributed by atoms with Crippen molar-refractivity contribution in [2.45, 2.75) is 148 Å². The maximum atomic E-state index is 12.7. The number of carbonyl (C=O) groups is 1. The summed E-state index contributed by atoms with van der Waals surface area (Å²) >= 11 is 0. The molecule has 0 aromatic carbocycles. The van der Waals surface area contributed by atoms with Gasteiger partial charge in [-0.2, -0.15) is 0 Å². The van der Waals surface area contributed by atoms with Crippen molar-refractivity contribution in [3.63, 3.8) is 0 Å². The number of esters is 1. The van der Waals surface area contributed by atoms with E-state index in [1.165, 1.54) is 25.7 Å². The highest BCUT2D eigenvalue weighted by Crippen LogP contribution is 2.38. The van der Waals surface area contributed by atoms with Crippen LogP contribution >= 0.6 is 7.82 Å². The average molecular weight is 790 g/mol. The van der Waals surface area contributed by atoms with Gasteiger partial charge in [-0.05, 0) is 89.9 Å². The van der Waals surface area contributed by atoms with Crippen molar-refractivity contribution in [1.29, 1.82) is 0 Å². The van der Waals surface area contributed by atoms with Gasteiger partial charge in [0, 0.05) is 13.0 Å². The van der Waals surface area contributed by atoms with Crippen LogP contribution in [0.4, 0.5) is 0 Å². The van der Waals surface area contributed by atoms with Crippen molar-refractivity contribution in [1.82, 2.24) is 0 Å². The topological polar surface area (TPSA) is 94.1 Å². The van der Waals surface area contributed by atoms with Crippen LogP contribution in [-0.2, 0) is 27.9 Å². The number of phosphoric ester groups is 1. The number of rotatable bonds is 38. The molecule has 0 saturated heterocycles. The van der Waals surface area contributed by atoms with E-state index in [1.807, 2.05) is 21.1 Å². The SMILES string of the molecule is CC/C=C\C/C=C\C/C=C\C/C=C\C/C=C\CCCCOCC(COP(=O)([O-])OCC[N+](C)(C)C)OC(=O)CCCCCCC/C=C\C/C=C\CCCCC. The van der Waals surface area contributed by atoms with Crippen molar-refractivity contribution in [2.24, 2.45) is 0 Å². The van der Waals surface area contributed by atoms with E-state index in [1.54, 1.807) is 0 Å². The van der Waals surface area contributed by atoms with Gasteiger partial charge in [-0.3, -0.25) is 9.36 Å². The van der Waals surface area contributed by atoms with E-state index in [9.17, 15) is 14.3 Å². The molecule has 8 nitrogen and oxygen atoms in total. The first kappa shape index (κ1) is 52.7. The molecule has 0 aliphatic carbocycles. The molecule has 0 rings (SSSR count). The first-order chi connectivity index (χ1) is 26.6. The molecule has 0 fully saturated rings. The molecule has 0 heterocycles. The first-order valence-electron chi connectivity index (χ1n) is 21.3. The summed E-state index contributed by atoms with van der Waals surface area (Å²) in [5.41, 5.74) is 0. The summed E-state index contributed by atoms with van der Waals surface area (Å²) in [6, 6.07) is 0. The number of unbranched alkanes of at least 4 members (excludes halogenated alkanes) is 10. The molecule has 0 N–H and O–H groups in total. The minimum Gasteiger partial charge on any atom is -0.756 e. The summed E-state index contributed by atoms with van der Waals surface area (Å²) in [5, 5.41) is 0. The maximum absolute atomic E-state index is 12.7. The van der Waals surface area contributed by atoms with Crippen LogP contribution in [0.2, 0.25) is 0 Å². The summed E-state index contributed by atoms with van der Waals surface area (Å²) in [4.78, 5) is 25.0. The molecule has 2 unspecified atom stereocenters. The largest absolute Gasteiger partial charge is 0.756 e. The van der Waals surface area contributed by atoms with Crippen molar-refractivity contribution >= 4 is 13.8 Å². The Balaban J connectivity index is 4.39.